The van der Waals surface area contributed by atoms with Gasteiger partial charge in [-0.1, -0.05) is 41.9 Å². The van der Waals surface area contributed by atoms with Gasteiger partial charge in [0.15, 0.2) is 5.60 Å². The summed E-state index contributed by atoms with van der Waals surface area (Å²) in [5.41, 5.74) is -3.57. The van der Waals surface area contributed by atoms with Crippen LogP contribution in [0.15, 0.2) is 46.9 Å². The minimum atomic E-state index is -4.86. The van der Waals surface area contributed by atoms with Crippen molar-refractivity contribution in [2.75, 3.05) is 7.11 Å². The monoisotopic (exact) mass is 448 g/mol. The molecule has 2 aromatic carbocycles. The topological polar surface area (TPSA) is 29.5 Å². The number of hydrogen-bond donors (Lipinski definition) is 1. The van der Waals surface area contributed by atoms with Crippen LogP contribution in [0.25, 0.3) is 0 Å². The SMILES string of the molecule is COc1ccc(F)cc1C(C)(C)CC(O)(Cc1ccc(Br)cc1)C(F)(F)F. The Morgan fingerprint density at radius 2 is 1.63 bits per heavy atom. The second kappa shape index (κ2) is 7.80. The van der Waals surface area contributed by atoms with E-state index in [1.165, 1.54) is 45.2 Å². The van der Waals surface area contributed by atoms with E-state index in [9.17, 15) is 22.7 Å². The summed E-state index contributed by atoms with van der Waals surface area (Å²) in [7, 11) is 1.37. The van der Waals surface area contributed by atoms with Crippen molar-refractivity contribution < 1.29 is 27.4 Å². The Morgan fingerprint density at radius 3 is 2.15 bits per heavy atom. The molecule has 27 heavy (non-hydrogen) atoms. The zero-order chi connectivity index (χ0) is 20.5. The highest BCUT2D eigenvalue weighted by Gasteiger charge is 2.56. The zero-order valence-corrected chi connectivity index (χ0v) is 16.8. The first-order chi connectivity index (χ1) is 12.4. The summed E-state index contributed by atoms with van der Waals surface area (Å²) in [5.74, 6) is -0.308. The smallest absolute Gasteiger partial charge is 0.417 e. The molecule has 1 N–H and O–H groups in total. The van der Waals surface area contributed by atoms with Gasteiger partial charge in [0.2, 0.25) is 0 Å². The summed E-state index contributed by atoms with van der Waals surface area (Å²) >= 11 is 3.23. The standard InChI is InChI=1S/C20H21BrF4O2/c1-18(2,16-10-15(22)8-9-17(16)27-3)12-19(26,20(23,24)25)11-13-4-6-14(21)7-5-13/h4-10,26H,11-12H2,1-3H3. The molecular formula is C20H21BrF4O2. The number of alkyl halides is 3. The molecule has 7 heteroatoms. The van der Waals surface area contributed by atoms with E-state index in [-0.39, 0.29) is 11.3 Å². The third-order valence-corrected chi connectivity index (χ3v) is 5.09. The molecule has 2 nitrogen and oxygen atoms in total. The Kier molecular flexibility index (Phi) is 6.26. The van der Waals surface area contributed by atoms with Crippen molar-refractivity contribution in [3.05, 3.63) is 63.9 Å². The third kappa shape index (κ3) is 5.02. The van der Waals surface area contributed by atoms with Crippen molar-refractivity contribution in [1.82, 2.24) is 0 Å². The molecule has 0 aliphatic rings. The van der Waals surface area contributed by atoms with Crippen molar-refractivity contribution >= 4 is 15.9 Å². The van der Waals surface area contributed by atoms with Crippen LogP contribution in [0.2, 0.25) is 0 Å². The predicted molar refractivity (Wildman–Crippen MR) is 99.4 cm³/mol. The molecule has 0 aromatic heterocycles. The summed E-state index contributed by atoms with van der Waals surface area (Å²) in [6, 6.07) is 9.98. The number of aliphatic hydroxyl groups is 1. The maximum atomic E-state index is 13.8. The van der Waals surface area contributed by atoms with Crippen molar-refractivity contribution in [2.24, 2.45) is 0 Å². The second-order valence-corrected chi connectivity index (χ2v) is 8.15. The summed E-state index contributed by atoms with van der Waals surface area (Å²) in [5, 5.41) is 10.6. The normalized spacial score (nSPS) is 14.7. The van der Waals surface area contributed by atoms with Crippen LogP contribution in [0, 0.1) is 5.82 Å². The fraction of sp³-hybridized carbons (Fsp3) is 0.400. The quantitative estimate of drug-likeness (QED) is 0.565. The molecule has 2 rings (SSSR count). The van der Waals surface area contributed by atoms with E-state index in [0.29, 0.717) is 5.56 Å². The Morgan fingerprint density at radius 1 is 1.04 bits per heavy atom. The van der Waals surface area contributed by atoms with Crippen molar-refractivity contribution in [1.29, 1.82) is 0 Å². The van der Waals surface area contributed by atoms with Crippen molar-refractivity contribution in [3.63, 3.8) is 0 Å². The molecule has 0 radical (unpaired) electrons. The molecule has 0 aliphatic carbocycles. The molecule has 148 valence electrons. The lowest BCUT2D eigenvalue weighted by Crippen LogP contribution is -2.50. The number of hydrogen-bond acceptors (Lipinski definition) is 2. The van der Waals surface area contributed by atoms with E-state index < -0.39 is 35.9 Å². The minimum Gasteiger partial charge on any atom is -0.496 e. The van der Waals surface area contributed by atoms with Gasteiger partial charge in [-0.05, 0) is 47.7 Å². The van der Waals surface area contributed by atoms with Crippen molar-refractivity contribution in [3.8, 4) is 5.75 Å². The molecule has 2 aromatic rings. The summed E-state index contributed by atoms with van der Waals surface area (Å²) in [6.45, 7) is 3.06. The number of halogens is 5. The van der Waals surface area contributed by atoms with Gasteiger partial charge in [0.05, 0.1) is 7.11 Å². The van der Waals surface area contributed by atoms with Gasteiger partial charge in [-0.3, -0.25) is 0 Å². The van der Waals surface area contributed by atoms with E-state index >= 15 is 0 Å². The Hall–Kier alpha value is -1.60. The van der Waals surface area contributed by atoms with E-state index in [4.69, 9.17) is 4.74 Å². The van der Waals surface area contributed by atoms with Gasteiger partial charge < -0.3 is 9.84 Å². The summed E-state index contributed by atoms with van der Waals surface area (Å²) in [6.07, 6.45) is -6.12. The molecule has 0 heterocycles. The first kappa shape index (κ1) is 21.7. The molecule has 1 unspecified atom stereocenters. The first-order valence-corrected chi connectivity index (χ1v) is 9.05. The van der Waals surface area contributed by atoms with E-state index in [1.54, 1.807) is 12.1 Å². The first-order valence-electron chi connectivity index (χ1n) is 8.25. The van der Waals surface area contributed by atoms with E-state index in [1.807, 2.05) is 0 Å². The lowest BCUT2D eigenvalue weighted by atomic mass is 9.72. The maximum absolute atomic E-state index is 13.8. The van der Waals surface area contributed by atoms with Crippen LogP contribution >= 0.6 is 15.9 Å². The number of methoxy groups -OCH3 is 1. The molecule has 0 fully saturated rings. The fourth-order valence-electron chi connectivity index (χ4n) is 3.24. The van der Waals surface area contributed by atoms with Crippen LogP contribution in [-0.2, 0) is 11.8 Å². The van der Waals surface area contributed by atoms with Gasteiger partial charge in [-0.25, -0.2) is 4.39 Å². The fourth-order valence-corrected chi connectivity index (χ4v) is 3.50. The van der Waals surface area contributed by atoms with Crippen LogP contribution in [-0.4, -0.2) is 24.0 Å². The van der Waals surface area contributed by atoms with Gasteiger partial charge in [0.25, 0.3) is 0 Å². The molecule has 0 amide bonds. The molecular weight excluding hydrogens is 428 g/mol. The minimum absolute atomic E-state index is 0.267. The van der Waals surface area contributed by atoms with Gasteiger partial charge in [0.1, 0.15) is 11.6 Å². The number of benzene rings is 2. The molecule has 0 bridgehead atoms. The number of ether oxygens (including phenoxy) is 1. The van der Waals surface area contributed by atoms with Gasteiger partial charge in [-0.2, -0.15) is 13.2 Å². The van der Waals surface area contributed by atoms with Crippen LogP contribution < -0.4 is 4.74 Å². The van der Waals surface area contributed by atoms with Crippen LogP contribution in [0.1, 0.15) is 31.4 Å². The largest absolute Gasteiger partial charge is 0.496 e. The molecule has 0 aliphatic heterocycles. The van der Waals surface area contributed by atoms with E-state index in [2.05, 4.69) is 15.9 Å². The maximum Gasteiger partial charge on any atom is 0.417 e. The van der Waals surface area contributed by atoms with Gasteiger partial charge >= 0.3 is 6.18 Å². The van der Waals surface area contributed by atoms with Crippen LogP contribution in [0.3, 0.4) is 0 Å². The van der Waals surface area contributed by atoms with Crippen molar-refractivity contribution in [2.45, 2.75) is 43.9 Å². The highest BCUT2D eigenvalue weighted by atomic mass is 79.9. The van der Waals surface area contributed by atoms with Gasteiger partial charge in [-0.15, -0.1) is 0 Å². The molecule has 0 saturated carbocycles. The predicted octanol–water partition coefficient (Wildman–Crippen LogP) is 5.80. The molecule has 1 atom stereocenters. The second-order valence-electron chi connectivity index (χ2n) is 7.24. The van der Waals surface area contributed by atoms with Gasteiger partial charge in [0, 0.05) is 16.5 Å². The lowest BCUT2D eigenvalue weighted by Gasteiger charge is -2.38. The Bertz CT molecular complexity index is 788. The summed E-state index contributed by atoms with van der Waals surface area (Å²) < 4.78 is 61.1. The highest BCUT2D eigenvalue weighted by molar-refractivity contribution is 9.10. The Labute approximate surface area is 164 Å². The third-order valence-electron chi connectivity index (χ3n) is 4.56. The average molecular weight is 449 g/mol. The van der Waals surface area contributed by atoms with Crippen LogP contribution in [0.5, 0.6) is 5.75 Å². The average Bonchev–Trinajstić information content (AvgIpc) is 2.55. The molecule has 0 saturated heterocycles. The Balaban J connectivity index is 2.43. The van der Waals surface area contributed by atoms with Crippen LogP contribution in [0.4, 0.5) is 17.6 Å². The van der Waals surface area contributed by atoms with E-state index in [0.717, 1.165) is 10.5 Å². The lowest BCUT2D eigenvalue weighted by molar-refractivity contribution is -0.266. The molecule has 0 spiro atoms. The zero-order valence-electron chi connectivity index (χ0n) is 15.2. The number of rotatable bonds is 6. The summed E-state index contributed by atoms with van der Waals surface area (Å²) in [4.78, 5) is 0. The highest BCUT2D eigenvalue weighted by Crippen LogP contribution is 2.45.